The molecule has 45 heavy (non-hydrogen) atoms. The molecule has 2 aliphatic rings. The van der Waals surface area contributed by atoms with Crippen molar-refractivity contribution < 1.29 is 28.6 Å². The SMILES string of the molecule is COc1c(C)c2c(c(NC(=O)N(c3ccccc3)c3ccccc3)c1C/C=C(\C)CCC(=O)OCCN1CCNC1)C(=O)OC2. The summed E-state index contributed by atoms with van der Waals surface area (Å²) in [6, 6.07) is 18.2. The number of methoxy groups -OCH3 is 1. The Labute approximate surface area is 263 Å². The Kier molecular flexibility index (Phi) is 10.5. The van der Waals surface area contributed by atoms with Gasteiger partial charge in [0.2, 0.25) is 0 Å². The number of nitrogens with one attached hydrogen (secondary N) is 2. The third-order valence-electron chi connectivity index (χ3n) is 8.13. The van der Waals surface area contributed by atoms with E-state index in [1.54, 1.807) is 12.0 Å². The lowest BCUT2D eigenvalue weighted by molar-refractivity contribution is -0.143. The first-order chi connectivity index (χ1) is 21.9. The summed E-state index contributed by atoms with van der Waals surface area (Å²) in [6.07, 6.45) is 3.14. The van der Waals surface area contributed by atoms with E-state index >= 15 is 0 Å². The zero-order chi connectivity index (χ0) is 31.8. The summed E-state index contributed by atoms with van der Waals surface area (Å²) in [4.78, 5) is 43.3. The lowest BCUT2D eigenvalue weighted by atomic mass is 9.93. The zero-order valence-corrected chi connectivity index (χ0v) is 26.1. The minimum atomic E-state index is -0.494. The second kappa shape index (κ2) is 14.9. The van der Waals surface area contributed by atoms with Crippen molar-refractivity contribution in [2.75, 3.05) is 50.2 Å². The minimum Gasteiger partial charge on any atom is -0.496 e. The van der Waals surface area contributed by atoms with Crippen LogP contribution in [0, 0.1) is 6.92 Å². The summed E-state index contributed by atoms with van der Waals surface area (Å²) >= 11 is 0. The molecule has 0 aromatic heterocycles. The van der Waals surface area contributed by atoms with Gasteiger partial charge in [0.05, 0.1) is 29.7 Å². The predicted molar refractivity (Wildman–Crippen MR) is 173 cm³/mol. The number of amides is 2. The minimum absolute atomic E-state index is 0.103. The van der Waals surface area contributed by atoms with Gasteiger partial charge in [0, 0.05) is 43.9 Å². The van der Waals surface area contributed by atoms with Gasteiger partial charge in [-0.15, -0.1) is 0 Å². The van der Waals surface area contributed by atoms with E-state index in [9.17, 15) is 14.4 Å². The normalized spacial score (nSPS) is 14.6. The van der Waals surface area contributed by atoms with Crippen LogP contribution in [0.2, 0.25) is 0 Å². The first kappa shape index (κ1) is 31.7. The molecule has 0 bridgehead atoms. The molecule has 2 aliphatic heterocycles. The fourth-order valence-corrected chi connectivity index (χ4v) is 5.67. The summed E-state index contributed by atoms with van der Waals surface area (Å²) in [6.45, 7) is 7.77. The number of benzene rings is 3. The highest BCUT2D eigenvalue weighted by Crippen LogP contribution is 2.42. The van der Waals surface area contributed by atoms with Gasteiger partial charge in [0.15, 0.2) is 0 Å². The molecule has 0 saturated carbocycles. The molecule has 3 aromatic rings. The second-order valence-corrected chi connectivity index (χ2v) is 11.1. The number of esters is 2. The van der Waals surface area contributed by atoms with Crippen molar-refractivity contribution in [1.82, 2.24) is 10.2 Å². The summed E-state index contributed by atoms with van der Waals surface area (Å²) in [7, 11) is 1.58. The van der Waals surface area contributed by atoms with Gasteiger partial charge in [-0.1, -0.05) is 48.0 Å². The van der Waals surface area contributed by atoms with Gasteiger partial charge in [-0.3, -0.25) is 14.6 Å². The molecule has 10 nitrogen and oxygen atoms in total. The third-order valence-corrected chi connectivity index (χ3v) is 8.13. The standard InChI is InChI=1S/C35H40N4O6/c1-24(15-17-30(40)44-21-20-38-19-18-36-23-38)14-16-28-32(31-29(22-45-34(31)41)25(2)33(28)43-3)37-35(42)39(26-10-6-4-7-11-26)27-12-8-5-9-13-27/h4-14,36H,15-23H2,1-3H3,(H,37,42)/b24-14+. The maximum atomic E-state index is 14.1. The van der Waals surface area contributed by atoms with Crippen LogP contribution in [0.3, 0.4) is 0 Å². The molecule has 1 saturated heterocycles. The van der Waals surface area contributed by atoms with E-state index in [-0.39, 0.29) is 19.0 Å². The Morgan fingerprint density at radius 3 is 2.38 bits per heavy atom. The Morgan fingerprint density at radius 2 is 1.76 bits per heavy atom. The van der Waals surface area contributed by atoms with E-state index in [1.807, 2.05) is 80.6 Å². The zero-order valence-electron chi connectivity index (χ0n) is 26.1. The molecule has 1 fully saturated rings. The van der Waals surface area contributed by atoms with E-state index in [0.29, 0.717) is 65.5 Å². The molecule has 5 rings (SSSR count). The molecule has 236 valence electrons. The van der Waals surface area contributed by atoms with Crippen LogP contribution >= 0.6 is 0 Å². The molecule has 0 atom stereocenters. The molecule has 0 radical (unpaired) electrons. The first-order valence-corrected chi connectivity index (χ1v) is 15.2. The van der Waals surface area contributed by atoms with Crippen molar-refractivity contribution in [3.8, 4) is 5.75 Å². The number of hydrogen-bond acceptors (Lipinski definition) is 8. The van der Waals surface area contributed by atoms with Crippen LogP contribution in [-0.4, -0.2) is 62.9 Å². The number of fused-ring (bicyclic) bond motifs is 1. The molecule has 0 unspecified atom stereocenters. The van der Waals surface area contributed by atoms with Gasteiger partial charge in [-0.25, -0.2) is 9.59 Å². The van der Waals surface area contributed by atoms with E-state index in [2.05, 4.69) is 15.5 Å². The number of ether oxygens (including phenoxy) is 3. The largest absolute Gasteiger partial charge is 0.496 e. The highest BCUT2D eigenvalue weighted by Gasteiger charge is 2.33. The number of rotatable bonds is 12. The second-order valence-electron chi connectivity index (χ2n) is 11.1. The molecule has 2 amide bonds. The van der Waals surface area contributed by atoms with Crippen molar-refractivity contribution in [1.29, 1.82) is 0 Å². The van der Waals surface area contributed by atoms with Crippen LogP contribution in [0.15, 0.2) is 72.3 Å². The van der Waals surface area contributed by atoms with Gasteiger partial charge in [0.25, 0.3) is 0 Å². The first-order valence-electron chi connectivity index (χ1n) is 15.2. The summed E-state index contributed by atoms with van der Waals surface area (Å²) in [5.74, 6) is -0.155. The van der Waals surface area contributed by atoms with E-state index in [4.69, 9.17) is 14.2 Å². The average Bonchev–Trinajstić information content (AvgIpc) is 3.72. The Balaban J connectivity index is 1.39. The summed E-state index contributed by atoms with van der Waals surface area (Å²) in [5.41, 5.74) is 5.14. The number of anilines is 3. The quantitative estimate of drug-likeness (QED) is 0.198. The lowest BCUT2D eigenvalue weighted by Crippen LogP contribution is -2.32. The van der Waals surface area contributed by atoms with Gasteiger partial charge in [-0.2, -0.15) is 0 Å². The molecule has 2 N–H and O–H groups in total. The van der Waals surface area contributed by atoms with Crippen LogP contribution in [-0.2, 0) is 27.3 Å². The summed E-state index contributed by atoms with van der Waals surface area (Å²) in [5, 5.41) is 6.31. The van der Waals surface area contributed by atoms with Gasteiger partial charge >= 0.3 is 18.0 Å². The third kappa shape index (κ3) is 7.53. The molecule has 10 heteroatoms. The molecule has 0 spiro atoms. The highest BCUT2D eigenvalue weighted by atomic mass is 16.5. The van der Waals surface area contributed by atoms with Crippen molar-refractivity contribution in [2.45, 2.75) is 39.7 Å². The average molecular weight is 613 g/mol. The molecule has 2 heterocycles. The highest BCUT2D eigenvalue weighted by molar-refractivity contribution is 6.11. The predicted octanol–water partition coefficient (Wildman–Crippen LogP) is 5.72. The number of urea groups is 1. The number of para-hydroxylation sites is 2. The molecule has 3 aromatic carbocycles. The fraction of sp³-hybridized carbons (Fsp3) is 0.343. The molecular formula is C35H40N4O6. The van der Waals surface area contributed by atoms with Crippen molar-refractivity contribution >= 4 is 35.0 Å². The molecular weight excluding hydrogens is 572 g/mol. The number of cyclic esters (lactones) is 1. The van der Waals surface area contributed by atoms with Gasteiger partial charge in [-0.05, 0) is 56.5 Å². The maximum absolute atomic E-state index is 14.1. The van der Waals surface area contributed by atoms with E-state index in [0.717, 1.165) is 30.9 Å². The topological polar surface area (TPSA) is 109 Å². The monoisotopic (exact) mass is 612 g/mol. The van der Waals surface area contributed by atoms with Crippen LogP contribution in [0.5, 0.6) is 5.75 Å². The van der Waals surface area contributed by atoms with E-state index < -0.39 is 12.0 Å². The number of carbonyl (C=O) groups excluding carboxylic acids is 3. The Hall–Kier alpha value is -4.67. The molecule has 0 aliphatic carbocycles. The van der Waals surface area contributed by atoms with Gasteiger partial charge < -0.3 is 24.8 Å². The van der Waals surface area contributed by atoms with Crippen molar-refractivity contribution in [3.63, 3.8) is 0 Å². The van der Waals surface area contributed by atoms with Crippen molar-refractivity contribution in [3.05, 3.63) is 94.6 Å². The number of nitrogens with zero attached hydrogens (tertiary/aromatic N) is 2. The van der Waals surface area contributed by atoms with Gasteiger partial charge in [0.1, 0.15) is 19.0 Å². The van der Waals surface area contributed by atoms with Crippen LogP contribution in [0.1, 0.15) is 46.8 Å². The smallest absolute Gasteiger partial charge is 0.341 e. The Morgan fingerprint density at radius 1 is 1.07 bits per heavy atom. The van der Waals surface area contributed by atoms with Crippen LogP contribution < -0.4 is 20.3 Å². The van der Waals surface area contributed by atoms with Crippen LogP contribution in [0.4, 0.5) is 21.9 Å². The summed E-state index contributed by atoms with van der Waals surface area (Å²) < 4.78 is 16.7. The number of hydrogen-bond donors (Lipinski definition) is 2. The number of allylic oxidation sites excluding steroid dienone is 2. The van der Waals surface area contributed by atoms with Crippen molar-refractivity contribution in [2.24, 2.45) is 0 Å². The fourth-order valence-electron chi connectivity index (χ4n) is 5.67. The Bertz CT molecular complexity index is 1510. The maximum Gasteiger partial charge on any atom is 0.341 e. The van der Waals surface area contributed by atoms with E-state index in [1.165, 1.54) is 0 Å². The lowest BCUT2D eigenvalue weighted by Gasteiger charge is -2.26. The number of carbonyl (C=O) groups is 3. The van der Waals surface area contributed by atoms with Crippen LogP contribution in [0.25, 0.3) is 0 Å².